The largest absolute Gasteiger partial charge is 0.481 e. The highest BCUT2D eigenvalue weighted by Crippen LogP contribution is 2.11. The van der Waals surface area contributed by atoms with Crippen LogP contribution in [0.3, 0.4) is 0 Å². The van der Waals surface area contributed by atoms with Crippen molar-refractivity contribution in [1.29, 1.82) is 0 Å². The van der Waals surface area contributed by atoms with Gasteiger partial charge in [0.25, 0.3) is 0 Å². The van der Waals surface area contributed by atoms with Crippen LogP contribution in [0.15, 0.2) is 24.3 Å². The average Bonchev–Trinajstić information content (AvgIpc) is 2.41. The molecule has 1 aromatic rings. The number of rotatable bonds is 8. The van der Waals surface area contributed by atoms with E-state index in [4.69, 9.17) is 5.11 Å². The van der Waals surface area contributed by atoms with Gasteiger partial charge in [0.2, 0.25) is 11.8 Å². The summed E-state index contributed by atoms with van der Waals surface area (Å²) in [7, 11) is 0. The molecule has 7 heteroatoms. The van der Waals surface area contributed by atoms with E-state index in [0.717, 1.165) is 17.3 Å². The van der Waals surface area contributed by atoms with E-state index >= 15 is 0 Å². The fourth-order valence-corrected chi connectivity index (χ4v) is 2.11. The molecule has 0 saturated carbocycles. The summed E-state index contributed by atoms with van der Waals surface area (Å²) in [6, 6.07) is 6.98. The lowest BCUT2D eigenvalue weighted by Gasteiger charge is -2.06. The quantitative estimate of drug-likeness (QED) is 0.669. The van der Waals surface area contributed by atoms with Crippen molar-refractivity contribution in [1.82, 2.24) is 5.32 Å². The van der Waals surface area contributed by atoms with Crippen molar-refractivity contribution >= 4 is 35.2 Å². The van der Waals surface area contributed by atoms with Crippen molar-refractivity contribution in [2.75, 3.05) is 23.4 Å². The first-order valence-electron chi connectivity index (χ1n) is 6.46. The summed E-state index contributed by atoms with van der Waals surface area (Å²) in [5.74, 6) is -1.24. The molecule has 0 bridgehead atoms. The summed E-state index contributed by atoms with van der Waals surface area (Å²) < 4.78 is 0. The van der Waals surface area contributed by atoms with Crippen molar-refractivity contribution in [3.05, 3.63) is 29.8 Å². The van der Waals surface area contributed by atoms with Crippen molar-refractivity contribution in [3.8, 4) is 0 Å². The van der Waals surface area contributed by atoms with Crippen LogP contribution >= 0.6 is 11.8 Å². The van der Waals surface area contributed by atoms with Crippen LogP contribution < -0.4 is 10.6 Å². The zero-order chi connectivity index (χ0) is 15.7. The maximum absolute atomic E-state index is 11.6. The van der Waals surface area contributed by atoms with Crippen LogP contribution in [0, 0.1) is 0 Å². The lowest BCUT2D eigenvalue weighted by Crippen LogP contribution is -2.24. The van der Waals surface area contributed by atoms with Crippen LogP contribution in [0.1, 0.15) is 12.5 Å². The van der Waals surface area contributed by atoms with Gasteiger partial charge in [-0.05, 0) is 24.6 Å². The Morgan fingerprint density at radius 2 is 1.76 bits per heavy atom. The summed E-state index contributed by atoms with van der Waals surface area (Å²) in [5, 5.41) is 13.9. The molecule has 1 aromatic carbocycles. The molecule has 0 atom stereocenters. The predicted molar refractivity (Wildman–Crippen MR) is 82.4 cm³/mol. The molecule has 3 N–H and O–H groups in total. The smallest absolute Gasteiger partial charge is 0.313 e. The molecule has 0 aliphatic heterocycles. The Morgan fingerprint density at radius 3 is 2.33 bits per heavy atom. The van der Waals surface area contributed by atoms with Gasteiger partial charge in [-0.3, -0.25) is 14.4 Å². The predicted octanol–water partition coefficient (Wildman–Crippen LogP) is 1.12. The number of likely N-dealkylation sites (N-methyl/N-ethyl adjacent to an activating group) is 1. The molecule has 114 valence electrons. The summed E-state index contributed by atoms with van der Waals surface area (Å²) in [4.78, 5) is 33.3. The third-order valence-electron chi connectivity index (χ3n) is 2.44. The van der Waals surface area contributed by atoms with E-state index in [-0.39, 0.29) is 23.3 Å². The van der Waals surface area contributed by atoms with Crippen molar-refractivity contribution in [3.63, 3.8) is 0 Å². The maximum atomic E-state index is 11.6. The fraction of sp³-hybridized carbons (Fsp3) is 0.357. The second kappa shape index (κ2) is 9.02. The molecule has 1 rings (SSSR count). The molecular weight excluding hydrogens is 292 g/mol. The Balaban J connectivity index is 2.41. The number of carboxylic acid groups (broad SMARTS) is 1. The highest BCUT2D eigenvalue weighted by atomic mass is 32.2. The summed E-state index contributed by atoms with van der Waals surface area (Å²) >= 11 is 1.04. The number of anilines is 1. The second-order valence-electron chi connectivity index (χ2n) is 4.26. The van der Waals surface area contributed by atoms with E-state index in [1.54, 1.807) is 24.3 Å². The minimum absolute atomic E-state index is 0.0423. The fourth-order valence-electron chi connectivity index (χ4n) is 1.58. The van der Waals surface area contributed by atoms with E-state index in [9.17, 15) is 14.4 Å². The molecular formula is C14H18N2O4S. The third-order valence-corrected chi connectivity index (χ3v) is 3.35. The molecule has 6 nitrogen and oxygen atoms in total. The van der Waals surface area contributed by atoms with E-state index in [0.29, 0.717) is 18.7 Å². The monoisotopic (exact) mass is 310 g/mol. The molecule has 0 fully saturated rings. The van der Waals surface area contributed by atoms with Crippen LogP contribution in [-0.2, 0) is 20.8 Å². The molecule has 0 radical (unpaired) electrons. The molecule has 0 aliphatic carbocycles. The lowest BCUT2D eigenvalue weighted by molar-refractivity contribution is -0.134. The van der Waals surface area contributed by atoms with Crippen LogP contribution in [0.4, 0.5) is 5.69 Å². The van der Waals surface area contributed by atoms with Gasteiger partial charge in [0, 0.05) is 12.2 Å². The number of carbonyl (C=O) groups excluding carboxylic acids is 2. The molecule has 2 amide bonds. The minimum atomic E-state index is -0.942. The van der Waals surface area contributed by atoms with E-state index < -0.39 is 5.97 Å². The first-order valence-corrected chi connectivity index (χ1v) is 7.61. The molecule has 0 unspecified atom stereocenters. The zero-order valence-electron chi connectivity index (χ0n) is 11.7. The van der Waals surface area contributed by atoms with Gasteiger partial charge in [0.05, 0.1) is 17.9 Å². The number of nitrogens with one attached hydrogen (secondary N) is 2. The maximum Gasteiger partial charge on any atom is 0.313 e. The van der Waals surface area contributed by atoms with Gasteiger partial charge >= 0.3 is 5.97 Å². The van der Waals surface area contributed by atoms with Crippen LogP contribution in [0.5, 0.6) is 0 Å². The number of benzene rings is 1. The number of carboxylic acids is 1. The van der Waals surface area contributed by atoms with Crippen molar-refractivity contribution < 1.29 is 19.5 Å². The van der Waals surface area contributed by atoms with E-state index in [1.165, 1.54) is 0 Å². The van der Waals surface area contributed by atoms with Crippen LogP contribution in [-0.4, -0.2) is 40.9 Å². The number of carbonyl (C=O) groups is 3. The van der Waals surface area contributed by atoms with Gasteiger partial charge in [-0.15, -0.1) is 11.8 Å². The van der Waals surface area contributed by atoms with Crippen molar-refractivity contribution in [2.45, 2.75) is 13.3 Å². The topological polar surface area (TPSA) is 95.5 Å². The Labute approximate surface area is 127 Å². The number of aliphatic carboxylic acids is 1. The zero-order valence-corrected chi connectivity index (χ0v) is 12.5. The summed E-state index contributed by atoms with van der Waals surface area (Å²) in [6.45, 7) is 2.46. The number of thioether (sulfide) groups is 1. The first-order chi connectivity index (χ1) is 10.0. The average molecular weight is 310 g/mol. The number of amides is 2. The minimum Gasteiger partial charge on any atom is -0.481 e. The standard InChI is InChI=1S/C14H18N2O4S/c1-2-15-12(17)7-10-3-5-11(6-4-10)16-13(18)8-21-9-14(19)20/h3-6H,2,7-9H2,1H3,(H,15,17)(H,16,18)(H,19,20). The van der Waals surface area contributed by atoms with Gasteiger partial charge in [0.15, 0.2) is 0 Å². The highest BCUT2D eigenvalue weighted by molar-refractivity contribution is 8.00. The molecule has 0 aromatic heterocycles. The van der Waals surface area contributed by atoms with Gasteiger partial charge in [0.1, 0.15) is 0 Å². The van der Waals surface area contributed by atoms with Gasteiger partial charge in [-0.2, -0.15) is 0 Å². The highest BCUT2D eigenvalue weighted by Gasteiger charge is 2.06. The second-order valence-corrected chi connectivity index (χ2v) is 5.25. The van der Waals surface area contributed by atoms with E-state index in [1.807, 2.05) is 6.92 Å². The van der Waals surface area contributed by atoms with Gasteiger partial charge in [-0.25, -0.2) is 0 Å². The first kappa shape index (κ1) is 17.0. The molecule has 0 aliphatic rings. The van der Waals surface area contributed by atoms with Crippen molar-refractivity contribution in [2.24, 2.45) is 0 Å². The van der Waals surface area contributed by atoms with Gasteiger partial charge < -0.3 is 15.7 Å². The molecule has 21 heavy (non-hydrogen) atoms. The van der Waals surface area contributed by atoms with Crippen LogP contribution in [0.2, 0.25) is 0 Å². The van der Waals surface area contributed by atoms with Crippen LogP contribution in [0.25, 0.3) is 0 Å². The Morgan fingerprint density at radius 1 is 1.10 bits per heavy atom. The summed E-state index contributed by atoms with van der Waals surface area (Å²) in [6.07, 6.45) is 0.302. The number of hydrogen-bond acceptors (Lipinski definition) is 4. The van der Waals surface area contributed by atoms with Gasteiger partial charge in [-0.1, -0.05) is 12.1 Å². The Kier molecular flexibility index (Phi) is 7.31. The Hall–Kier alpha value is -2.02. The SMILES string of the molecule is CCNC(=O)Cc1ccc(NC(=O)CSCC(=O)O)cc1. The normalized spacial score (nSPS) is 9.95. The number of hydrogen-bond donors (Lipinski definition) is 3. The summed E-state index contributed by atoms with van der Waals surface area (Å²) in [5.41, 5.74) is 1.48. The lowest BCUT2D eigenvalue weighted by atomic mass is 10.1. The molecule has 0 heterocycles. The third kappa shape index (κ3) is 7.36. The molecule has 0 spiro atoms. The Bertz CT molecular complexity index is 502. The molecule has 0 saturated heterocycles. The van der Waals surface area contributed by atoms with E-state index in [2.05, 4.69) is 10.6 Å².